The number of carbonyl (C=O) groups is 2. The lowest BCUT2D eigenvalue weighted by molar-refractivity contribution is -0.198. The van der Waals surface area contributed by atoms with Crippen molar-refractivity contribution < 1.29 is 32.9 Å². The molecule has 45 heavy (non-hydrogen) atoms. The lowest BCUT2D eigenvalue weighted by atomic mass is 9.77. The molecule has 244 valence electrons. The molecule has 3 atom stereocenters. The van der Waals surface area contributed by atoms with Crippen LogP contribution in [0.5, 0.6) is 0 Å². The van der Waals surface area contributed by atoms with E-state index in [9.17, 15) is 31.9 Å². The van der Waals surface area contributed by atoms with Crippen molar-refractivity contribution >= 4 is 23.1 Å². The van der Waals surface area contributed by atoms with Crippen molar-refractivity contribution in [1.29, 1.82) is 0 Å². The third kappa shape index (κ3) is 5.79. The minimum absolute atomic E-state index is 0.0746. The summed E-state index contributed by atoms with van der Waals surface area (Å²) in [6.45, 7) is 6.69. The Morgan fingerprint density at radius 2 is 1.80 bits per heavy atom. The van der Waals surface area contributed by atoms with E-state index in [0.29, 0.717) is 28.9 Å². The van der Waals surface area contributed by atoms with Gasteiger partial charge in [0.2, 0.25) is 5.91 Å². The van der Waals surface area contributed by atoms with Gasteiger partial charge in [0.15, 0.2) is 17.3 Å². The number of fused-ring (bicyclic) bond motifs is 1. The summed E-state index contributed by atoms with van der Waals surface area (Å²) < 4.78 is 83.3. The summed E-state index contributed by atoms with van der Waals surface area (Å²) in [6, 6.07) is -1.48. The highest BCUT2D eigenvalue weighted by molar-refractivity contribution is 5.88. The van der Waals surface area contributed by atoms with E-state index in [1.165, 1.54) is 32.6 Å². The van der Waals surface area contributed by atoms with Crippen LogP contribution in [-0.4, -0.2) is 73.2 Å². The molecular weight excluding hydrogens is 599 g/mol. The minimum Gasteiger partial charge on any atom is -0.326 e. The number of carbonyl (C=O) groups excluding carboxylic acids is 2. The molecule has 1 aromatic carbocycles. The lowest BCUT2D eigenvalue weighted by Gasteiger charge is -2.47. The van der Waals surface area contributed by atoms with Gasteiger partial charge in [0.1, 0.15) is 12.1 Å². The van der Waals surface area contributed by atoms with Crippen LogP contribution in [-0.2, 0) is 4.79 Å². The maximum absolute atomic E-state index is 15.5. The van der Waals surface area contributed by atoms with Gasteiger partial charge in [-0.05, 0) is 89.1 Å². The molecule has 2 saturated heterocycles. The van der Waals surface area contributed by atoms with Gasteiger partial charge in [0.05, 0.1) is 6.89 Å². The number of aromatic nitrogens is 3. The number of imidazole rings is 1. The Kier molecular flexibility index (Phi) is 8.10. The molecule has 5 rings (SSSR count). The van der Waals surface area contributed by atoms with E-state index in [1.54, 1.807) is 22.9 Å². The normalized spacial score (nSPS) is 22.4. The zero-order valence-electron chi connectivity index (χ0n) is 26.7. The third-order valence-electron chi connectivity index (χ3n) is 9.51. The Hall–Kier alpha value is -3.97. The highest BCUT2D eigenvalue weighted by Crippen LogP contribution is 2.45. The molecule has 0 bridgehead atoms. The zero-order valence-corrected chi connectivity index (χ0v) is 25.7. The van der Waals surface area contributed by atoms with Crippen LogP contribution in [0, 0.1) is 25.5 Å². The van der Waals surface area contributed by atoms with Crippen LogP contribution >= 0.6 is 0 Å². The van der Waals surface area contributed by atoms with Crippen LogP contribution in [0.3, 0.4) is 0 Å². The number of halogens is 5. The average Bonchev–Trinajstić information content (AvgIpc) is 3.30. The van der Waals surface area contributed by atoms with Gasteiger partial charge in [0.25, 0.3) is 0 Å². The van der Waals surface area contributed by atoms with Crippen LogP contribution in [0.4, 0.5) is 26.7 Å². The number of H-pyrrole nitrogens is 1. The molecule has 3 amide bonds. The van der Waals surface area contributed by atoms with Gasteiger partial charge in [-0.25, -0.2) is 23.4 Å². The average molecular weight is 638 g/mol. The molecule has 0 radical (unpaired) electrons. The first-order chi connectivity index (χ1) is 21.5. The van der Waals surface area contributed by atoms with E-state index in [1.807, 2.05) is 0 Å². The first-order valence-electron chi connectivity index (χ1n) is 15.4. The first-order valence-corrected chi connectivity index (χ1v) is 14.9. The second-order valence-corrected chi connectivity index (χ2v) is 12.5. The number of hydrogen-bond acceptors (Lipinski definition) is 4. The fourth-order valence-corrected chi connectivity index (χ4v) is 6.82. The number of likely N-dealkylation sites (tertiary alicyclic amines) is 2. The largest absolute Gasteiger partial charge is 0.408 e. The Balaban J connectivity index is 1.41. The highest BCUT2D eigenvalue weighted by atomic mass is 19.4. The molecule has 2 aromatic heterocycles. The molecule has 2 aliphatic rings. The molecule has 2 fully saturated rings. The number of rotatable bonds is 4. The number of nitrogens with one attached hydrogen (secondary N) is 2. The maximum atomic E-state index is 15.5. The van der Waals surface area contributed by atoms with Gasteiger partial charge < -0.3 is 15.1 Å². The topological polar surface area (TPSA) is 103 Å². The fraction of sp³-hybridized carbons (Fsp3) is 0.548. The van der Waals surface area contributed by atoms with Gasteiger partial charge in [-0.15, -0.1) is 0 Å². The van der Waals surface area contributed by atoms with E-state index in [2.05, 4.69) is 15.3 Å². The zero-order chi connectivity index (χ0) is 33.9. The fourth-order valence-electron chi connectivity index (χ4n) is 6.82. The minimum atomic E-state index is -4.87. The summed E-state index contributed by atoms with van der Waals surface area (Å²) in [4.78, 5) is 48.8. The monoisotopic (exact) mass is 637 g/mol. The molecular formula is C31H37F5N6O3. The predicted octanol–water partition coefficient (Wildman–Crippen LogP) is 5.47. The van der Waals surface area contributed by atoms with Crippen LogP contribution < -0.4 is 11.0 Å². The molecule has 2 aliphatic heterocycles. The van der Waals surface area contributed by atoms with Gasteiger partial charge in [-0.2, -0.15) is 13.2 Å². The summed E-state index contributed by atoms with van der Waals surface area (Å²) in [5.41, 5.74) is -1.30. The van der Waals surface area contributed by atoms with Crippen molar-refractivity contribution in [2.75, 3.05) is 13.1 Å². The summed E-state index contributed by atoms with van der Waals surface area (Å²) >= 11 is 0. The molecule has 14 heteroatoms. The van der Waals surface area contributed by atoms with Crippen molar-refractivity contribution in [2.45, 2.75) is 96.1 Å². The summed E-state index contributed by atoms with van der Waals surface area (Å²) in [5.74, 6) is -4.71. The molecule has 0 spiro atoms. The van der Waals surface area contributed by atoms with Crippen molar-refractivity contribution in [2.24, 2.45) is 0 Å². The van der Waals surface area contributed by atoms with Gasteiger partial charge in [0, 0.05) is 36.8 Å². The lowest BCUT2D eigenvalue weighted by Crippen LogP contribution is -2.62. The standard InChI is InChI=1S/C31H37F5N6O3/c1-16-15-20(25(33)24(32)17(16)2)21-8-9-22(27(43)42(30(21,4)5)18(3)31(34,35)36)38-28(44)40-13-10-19(11-14-40)41-23-7-6-12-37-26(23)39-29(41)45/h6-7,12,15,18-19,21-22H,8-11,13-14H2,1-5H3,(H,38,44)(H,37,39,45)/t18?,21-,22+/m0/s1/i15D. The molecule has 2 N–H and O–H groups in total. The van der Waals surface area contributed by atoms with E-state index in [-0.39, 0.29) is 54.8 Å². The van der Waals surface area contributed by atoms with Gasteiger partial charge >= 0.3 is 17.9 Å². The van der Waals surface area contributed by atoms with Crippen LogP contribution in [0.15, 0.2) is 29.2 Å². The second kappa shape index (κ2) is 11.8. The number of piperidine rings is 1. The molecule has 0 saturated carbocycles. The van der Waals surface area contributed by atoms with Gasteiger partial charge in [-0.3, -0.25) is 14.3 Å². The third-order valence-corrected chi connectivity index (χ3v) is 9.51. The Labute approximate surface area is 258 Å². The Morgan fingerprint density at radius 1 is 1.13 bits per heavy atom. The molecule has 4 heterocycles. The Morgan fingerprint density at radius 3 is 2.44 bits per heavy atom. The number of urea groups is 1. The summed E-state index contributed by atoms with van der Waals surface area (Å²) in [7, 11) is 0. The van der Waals surface area contributed by atoms with E-state index in [4.69, 9.17) is 1.37 Å². The van der Waals surface area contributed by atoms with Crippen LogP contribution in [0.1, 0.15) is 76.5 Å². The number of nitrogens with zero attached hydrogens (tertiary/aromatic N) is 4. The van der Waals surface area contributed by atoms with E-state index >= 15 is 4.39 Å². The van der Waals surface area contributed by atoms with Crippen molar-refractivity contribution in [3.63, 3.8) is 0 Å². The molecule has 9 nitrogen and oxygen atoms in total. The number of aromatic amines is 1. The number of alkyl halides is 3. The van der Waals surface area contributed by atoms with Crippen molar-refractivity contribution in [1.82, 2.24) is 29.7 Å². The number of benzene rings is 1. The molecule has 1 unspecified atom stereocenters. The predicted molar refractivity (Wildman–Crippen MR) is 157 cm³/mol. The second-order valence-electron chi connectivity index (χ2n) is 12.5. The number of pyridine rings is 1. The molecule has 0 aliphatic carbocycles. The highest BCUT2D eigenvalue weighted by Gasteiger charge is 2.53. The van der Waals surface area contributed by atoms with E-state index in [0.717, 1.165) is 6.92 Å². The molecule has 3 aromatic rings. The van der Waals surface area contributed by atoms with E-state index < -0.39 is 58.9 Å². The Bertz CT molecular complexity index is 1700. The van der Waals surface area contributed by atoms with Crippen molar-refractivity contribution in [3.05, 3.63) is 63.2 Å². The SMILES string of the molecule is [2H]c1c(C)c(C)c(F)c(F)c1[C@@H]1CC[C@@H](NC(=O)N2CCC(n3c(=O)[nH]c4ncccc43)CC2)C(=O)N(C(C)C(F)(F)F)C1(C)C. The number of amides is 3. The van der Waals surface area contributed by atoms with Crippen molar-refractivity contribution in [3.8, 4) is 0 Å². The quantitative estimate of drug-likeness (QED) is 0.371. The summed E-state index contributed by atoms with van der Waals surface area (Å²) in [5, 5.41) is 2.61. The smallest absolute Gasteiger partial charge is 0.326 e. The number of hydrogen-bond donors (Lipinski definition) is 2. The van der Waals surface area contributed by atoms with Gasteiger partial charge in [-0.1, -0.05) is 6.04 Å². The first kappa shape index (κ1) is 31.0. The van der Waals surface area contributed by atoms with Crippen LogP contribution in [0.25, 0.3) is 11.2 Å². The summed E-state index contributed by atoms with van der Waals surface area (Å²) in [6.07, 6.45) is -2.76. The van der Waals surface area contributed by atoms with Crippen LogP contribution in [0.2, 0.25) is 0 Å². The maximum Gasteiger partial charge on any atom is 0.408 e.